The van der Waals surface area contributed by atoms with Gasteiger partial charge < -0.3 is 5.11 Å². The molecule has 0 radical (unpaired) electrons. The third-order valence-electron chi connectivity index (χ3n) is 3.79. The Labute approximate surface area is 157 Å². The van der Waals surface area contributed by atoms with E-state index in [0.717, 1.165) is 12.1 Å². The van der Waals surface area contributed by atoms with Crippen LogP contribution in [0.4, 0.5) is 18.0 Å². The predicted molar refractivity (Wildman–Crippen MR) is 94.8 cm³/mol. The summed E-state index contributed by atoms with van der Waals surface area (Å²) in [5.74, 6) is 0. The van der Waals surface area contributed by atoms with Crippen molar-refractivity contribution in [2.24, 2.45) is 0 Å². The van der Waals surface area contributed by atoms with Gasteiger partial charge in [0.25, 0.3) is 0 Å². The minimum Gasteiger partial charge on any atom is -0.465 e. The molecule has 0 spiro atoms. The average molecular weight is 431 g/mol. The number of amides is 1. The summed E-state index contributed by atoms with van der Waals surface area (Å²) >= 11 is 3.36. The number of hydrogen-bond acceptors (Lipinski definition) is 2. The van der Waals surface area contributed by atoms with Crippen molar-refractivity contribution >= 4 is 22.0 Å². The van der Waals surface area contributed by atoms with Crippen molar-refractivity contribution in [3.8, 4) is 0 Å². The van der Waals surface area contributed by atoms with E-state index in [4.69, 9.17) is 0 Å². The Hall–Kier alpha value is -2.09. The van der Waals surface area contributed by atoms with Crippen molar-refractivity contribution < 1.29 is 23.1 Å². The molecule has 1 amide bonds. The van der Waals surface area contributed by atoms with Crippen LogP contribution in [0.15, 0.2) is 47.1 Å². The van der Waals surface area contributed by atoms with Crippen molar-refractivity contribution in [2.75, 3.05) is 0 Å². The zero-order valence-electron chi connectivity index (χ0n) is 14.4. The second-order valence-corrected chi connectivity index (χ2v) is 7.57. The van der Waals surface area contributed by atoms with Crippen molar-refractivity contribution in [3.63, 3.8) is 0 Å². The van der Waals surface area contributed by atoms with Gasteiger partial charge in [-0.2, -0.15) is 13.2 Å². The second-order valence-electron chi connectivity index (χ2n) is 6.72. The number of nitrogens with zero attached hydrogens (tertiary/aromatic N) is 2. The van der Waals surface area contributed by atoms with Gasteiger partial charge >= 0.3 is 12.3 Å². The smallest absolute Gasteiger partial charge is 0.416 e. The SMILES string of the molecule is CC(C)(C)N(C(=O)O)[C@@H](c1ccc(C(F)(F)F)cc1)c1ncccc1Br. The molecule has 0 unspecified atom stereocenters. The number of aromatic nitrogens is 1. The summed E-state index contributed by atoms with van der Waals surface area (Å²) in [5.41, 5.74) is -0.798. The highest BCUT2D eigenvalue weighted by atomic mass is 79.9. The fraction of sp³-hybridized carbons (Fsp3) is 0.333. The van der Waals surface area contributed by atoms with Gasteiger partial charge in [-0.1, -0.05) is 12.1 Å². The third kappa shape index (κ3) is 4.35. The van der Waals surface area contributed by atoms with Gasteiger partial charge in [0.2, 0.25) is 0 Å². The first-order valence-electron chi connectivity index (χ1n) is 7.72. The summed E-state index contributed by atoms with van der Waals surface area (Å²) in [6, 6.07) is 6.99. The Morgan fingerprint density at radius 3 is 2.15 bits per heavy atom. The highest BCUT2D eigenvalue weighted by Crippen LogP contribution is 2.37. The molecule has 2 rings (SSSR count). The molecule has 0 aliphatic carbocycles. The van der Waals surface area contributed by atoms with Crippen molar-refractivity contribution in [3.05, 3.63) is 63.9 Å². The van der Waals surface area contributed by atoms with Gasteiger partial charge in [-0.25, -0.2) is 4.79 Å². The topological polar surface area (TPSA) is 53.4 Å². The van der Waals surface area contributed by atoms with Gasteiger partial charge in [0.1, 0.15) is 6.04 Å². The molecule has 1 atom stereocenters. The number of hydrogen-bond donors (Lipinski definition) is 1. The zero-order chi connectivity index (χ0) is 19.7. The standard InChI is InChI=1S/C18H18BrF3N2O2/c1-17(2,3)24(16(25)26)15(14-13(19)5-4-10-23-14)11-6-8-12(9-7-11)18(20,21)22/h4-10,15H,1-3H3,(H,25,26)/t15-/m0/s1. The zero-order valence-corrected chi connectivity index (χ0v) is 16.0. The molecule has 26 heavy (non-hydrogen) atoms. The molecule has 2 aromatic rings. The molecular formula is C18H18BrF3N2O2. The summed E-state index contributed by atoms with van der Waals surface area (Å²) in [6.07, 6.45) is -4.14. The molecule has 4 nitrogen and oxygen atoms in total. The molecule has 0 saturated carbocycles. The van der Waals surface area contributed by atoms with Gasteiger partial charge in [0, 0.05) is 16.2 Å². The summed E-state index contributed by atoms with van der Waals surface area (Å²) in [6.45, 7) is 5.15. The van der Waals surface area contributed by atoms with E-state index in [1.807, 2.05) is 0 Å². The first-order valence-corrected chi connectivity index (χ1v) is 8.52. The Bertz CT molecular complexity index is 786. The van der Waals surface area contributed by atoms with E-state index in [9.17, 15) is 23.1 Å². The number of alkyl halides is 3. The van der Waals surface area contributed by atoms with Crippen molar-refractivity contribution in [1.29, 1.82) is 0 Å². The predicted octanol–water partition coefficient (Wildman–Crippen LogP) is 5.73. The Morgan fingerprint density at radius 1 is 1.15 bits per heavy atom. The number of halogens is 4. The summed E-state index contributed by atoms with van der Waals surface area (Å²) in [4.78, 5) is 17.4. The molecule has 1 aromatic carbocycles. The van der Waals surface area contributed by atoms with E-state index in [1.54, 1.807) is 32.9 Å². The van der Waals surface area contributed by atoms with Gasteiger partial charge in [-0.3, -0.25) is 9.88 Å². The highest BCUT2D eigenvalue weighted by Gasteiger charge is 2.37. The molecule has 8 heteroatoms. The van der Waals surface area contributed by atoms with Crippen LogP contribution in [0.5, 0.6) is 0 Å². The number of pyridine rings is 1. The summed E-state index contributed by atoms with van der Waals surface area (Å²) in [5, 5.41) is 9.78. The van der Waals surface area contributed by atoms with Crippen LogP contribution in [-0.4, -0.2) is 26.6 Å². The van der Waals surface area contributed by atoms with E-state index >= 15 is 0 Å². The van der Waals surface area contributed by atoms with Crippen LogP contribution >= 0.6 is 15.9 Å². The normalized spacial score (nSPS) is 13.3. The lowest BCUT2D eigenvalue weighted by Crippen LogP contribution is -2.47. The second kappa shape index (κ2) is 7.26. The maximum absolute atomic E-state index is 12.9. The fourth-order valence-corrected chi connectivity index (χ4v) is 3.14. The lowest BCUT2D eigenvalue weighted by atomic mass is 9.95. The summed E-state index contributed by atoms with van der Waals surface area (Å²) in [7, 11) is 0. The average Bonchev–Trinajstić information content (AvgIpc) is 2.51. The van der Waals surface area contributed by atoms with Gasteiger partial charge in [0.15, 0.2) is 0 Å². The van der Waals surface area contributed by atoms with E-state index < -0.39 is 29.4 Å². The highest BCUT2D eigenvalue weighted by molar-refractivity contribution is 9.10. The van der Waals surface area contributed by atoms with Gasteiger partial charge in [-0.05, 0) is 66.5 Å². The quantitative estimate of drug-likeness (QED) is 0.676. The molecule has 0 bridgehead atoms. The Balaban J connectivity index is 2.65. The largest absolute Gasteiger partial charge is 0.465 e. The molecular weight excluding hydrogens is 413 g/mol. The minimum absolute atomic E-state index is 0.398. The Kier molecular flexibility index (Phi) is 5.65. The lowest BCUT2D eigenvalue weighted by molar-refractivity contribution is -0.137. The summed E-state index contributed by atoms with van der Waals surface area (Å²) < 4.78 is 39.1. The molecule has 1 N–H and O–H groups in total. The molecule has 140 valence electrons. The van der Waals surface area contributed by atoms with Crippen LogP contribution in [0.1, 0.15) is 43.6 Å². The number of carboxylic acid groups (broad SMARTS) is 1. The molecule has 0 saturated heterocycles. The number of rotatable bonds is 3. The monoisotopic (exact) mass is 430 g/mol. The maximum atomic E-state index is 12.9. The van der Waals surface area contributed by atoms with Crippen LogP contribution in [0, 0.1) is 0 Å². The van der Waals surface area contributed by atoms with E-state index in [0.29, 0.717) is 15.7 Å². The van der Waals surface area contributed by atoms with Crippen LogP contribution in [0.25, 0.3) is 0 Å². The van der Waals surface area contributed by atoms with Gasteiger partial charge in [-0.15, -0.1) is 0 Å². The van der Waals surface area contributed by atoms with Crippen LogP contribution in [-0.2, 0) is 6.18 Å². The number of benzene rings is 1. The van der Waals surface area contributed by atoms with E-state index in [-0.39, 0.29) is 0 Å². The van der Waals surface area contributed by atoms with E-state index in [1.165, 1.54) is 23.2 Å². The first kappa shape index (κ1) is 20.2. The molecule has 0 aliphatic heterocycles. The lowest BCUT2D eigenvalue weighted by Gasteiger charge is -2.40. The first-order chi connectivity index (χ1) is 11.9. The van der Waals surface area contributed by atoms with Crippen LogP contribution < -0.4 is 0 Å². The minimum atomic E-state index is -4.46. The third-order valence-corrected chi connectivity index (χ3v) is 4.46. The van der Waals surface area contributed by atoms with Crippen molar-refractivity contribution in [2.45, 2.75) is 38.5 Å². The van der Waals surface area contributed by atoms with E-state index in [2.05, 4.69) is 20.9 Å². The molecule has 1 heterocycles. The Morgan fingerprint density at radius 2 is 1.73 bits per heavy atom. The maximum Gasteiger partial charge on any atom is 0.416 e. The van der Waals surface area contributed by atoms with Crippen LogP contribution in [0.2, 0.25) is 0 Å². The van der Waals surface area contributed by atoms with Crippen molar-refractivity contribution in [1.82, 2.24) is 9.88 Å². The van der Waals surface area contributed by atoms with Crippen LogP contribution in [0.3, 0.4) is 0 Å². The number of carbonyl (C=O) groups is 1. The van der Waals surface area contributed by atoms with Gasteiger partial charge in [0.05, 0.1) is 11.3 Å². The fourth-order valence-electron chi connectivity index (χ4n) is 2.67. The molecule has 1 aromatic heterocycles. The molecule has 0 aliphatic rings. The molecule has 0 fully saturated rings.